The Morgan fingerprint density at radius 2 is 0.782 bits per heavy atom. The highest BCUT2D eigenvalue weighted by Crippen LogP contribution is 2.43. The van der Waals surface area contributed by atoms with Gasteiger partial charge in [0.05, 0.1) is 39.9 Å². The van der Waals surface area contributed by atoms with Crippen molar-refractivity contribution in [1.82, 2.24) is 5.32 Å². The molecule has 0 radical (unpaired) electrons. The van der Waals surface area contributed by atoms with Gasteiger partial charge in [0.15, 0.2) is 0 Å². The van der Waals surface area contributed by atoms with Crippen LogP contribution in [-0.2, 0) is 18.4 Å². The van der Waals surface area contributed by atoms with Gasteiger partial charge >= 0.3 is 7.82 Å². The molecule has 0 fully saturated rings. The molecular weight excluding hydrogens is 984 g/mol. The summed E-state index contributed by atoms with van der Waals surface area (Å²) in [6, 6.07) is -0.883. The fourth-order valence-electron chi connectivity index (χ4n) is 8.70. The van der Waals surface area contributed by atoms with Crippen LogP contribution in [0, 0.1) is 0 Å². The van der Waals surface area contributed by atoms with Gasteiger partial charge in [-0.3, -0.25) is 13.8 Å². The predicted octanol–water partition coefficient (Wildman–Crippen LogP) is 20.1. The van der Waals surface area contributed by atoms with E-state index in [0.29, 0.717) is 17.4 Å². The third-order valence-electron chi connectivity index (χ3n) is 13.6. The Kier molecular flexibility index (Phi) is 56.2. The molecule has 9 heteroatoms. The molecule has 0 aliphatic carbocycles. The fraction of sp³-hybridized carbons (Fsp3) is 0.696. The summed E-state index contributed by atoms with van der Waals surface area (Å²) in [6.07, 6.45) is 87.5. The number of allylic oxidation sites excluding steroid dienone is 19. The molecule has 0 rings (SSSR count). The van der Waals surface area contributed by atoms with Crippen LogP contribution in [-0.4, -0.2) is 73.4 Å². The Hall–Kier alpha value is -3.10. The molecule has 78 heavy (non-hydrogen) atoms. The van der Waals surface area contributed by atoms with Gasteiger partial charge in [-0.1, -0.05) is 270 Å². The second-order valence-electron chi connectivity index (χ2n) is 22.4. The van der Waals surface area contributed by atoms with Crippen molar-refractivity contribution >= 4 is 13.7 Å². The average molecular weight is 1110 g/mol. The van der Waals surface area contributed by atoms with Crippen molar-refractivity contribution in [1.29, 1.82) is 0 Å². The van der Waals surface area contributed by atoms with Gasteiger partial charge in [-0.05, 0) is 103 Å². The first kappa shape index (κ1) is 74.9. The zero-order valence-corrected chi connectivity index (χ0v) is 52.0. The number of carbonyl (C=O) groups is 1. The normalized spacial score (nSPS) is 14.6. The number of nitrogens with zero attached hydrogens (tertiary/aromatic N) is 1. The Balaban J connectivity index is 4.26. The summed E-state index contributed by atoms with van der Waals surface area (Å²) in [5, 5.41) is 13.9. The second-order valence-corrected chi connectivity index (χ2v) is 23.8. The highest BCUT2D eigenvalue weighted by molar-refractivity contribution is 7.47. The maximum absolute atomic E-state index is 13.0. The van der Waals surface area contributed by atoms with Crippen molar-refractivity contribution in [2.24, 2.45) is 0 Å². The molecule has 0 saturated heterocycles. The molecule has 1 amide bonds. The minimum Gasteiger partial charge on any atom is -0.387 e. The van der Waals surface area contributed by atoms with Crippen molar-refractivity contribution in [3.63, 3.8) is 0 Å². The van der Waals surface area contributed by atoms with Crippen molar-refractivity contribution in [2.75, 3.05) is 40.9 Å². The van der Waals surface area contributed by atoms with Gasteiger partial charge < -0.3 is 19.8 Å². The molecule has 448 valence electrons. The molecule has 0 aromatic rings. The number of phosphoric ester groups is 1. The van der Waals surface area contributed by atoms with Gasteiger partial charge in [0.25, 0.3) is 0 Å². The summed E-state index contributed by atoms with van der Waals surface area (Å²) in [7, 11) is 1.53. The molecule has 0 aliphatic rings. The van der Waals surface area contributed by atoms with Crippen molar-refractivity contribution in [2.45, 2.75) is 270 Å². The van der Waals surface area contributed by atoms with Gasteiger partial charge in [-0.15, -0.1) is 0 Å². The fourth-order valence-corrected chi connectivity index (χ4v) is 9.44. The first-order valence-electron chi connectivity index (χ1n) is 31.9. The number of carbonyl (C=O) groups excluding carboxylic acids is 1. The van der Waals surface area contributed by atoms with Crippen LogP contribution in [0.2, 0.25) is 0 Å². The van der Waals surface area contributed by atoms with E-state index in [1.165, 1.54) is 141 Å². The van der Waals surface area contributed by atoms with E-state index in [0.717, 1.165) is 96.3 Å². The van der Waals surface area contributed by atoms with Crippen LogP contribution in [0.15, 0.2) is 122 Å². The maximum Gasteiger partial charge on any atom is 0.472 e. The number of hydrogen-bond acceptors (Lipinski definition) is 5. The number of phosphoric acid groups is 1. The van der Waals surface area contributed by atoms with Crippen LogP contribution in [0.25, 0.3) is 0 Å². The summed E-state index contributed by atoms with van der Waals surface area (Å²) >= 11 is 0. The lowest BCUT2D eigenvalue weighted by Gasteiger charge is -2.25. The lowest BCUT2D eigenvalue weighted by atomic mass is 10.0. The molecule has 0 aliphatic heterocycles. The molecule has 8 nitrogen and oxygen atoms in total. The van der Waals surface area contributed by atoms with E-state index >= 15 is 0 Å². The summed E-state index contributed by atoms with van der Waals surface area (Å²) in [6.45, 7) is 4.67. The van der Waals surface area contributed by atoms with Crippen LogP contribution in [0.5, 0.6) is 0 Å². The third kappa shape index (κ3) is 60.5. The Morgan fingerprint density at radius 1 is 0.449 bits per heavy atom. The standard InChI is InChI=1S/C69H121N2O6P/c1-6-8-10-12-14-16-18-20-22-24-26-28-30-32-33-34-35-36-37-39-41-43-45-47-49-51-53-55-57-59-61-63-69(73)70-67(66-77-78(74,75)76-65-64-71(3,4)5)68(72)62-60-58-56-54-52-50-48-46-44-42-40-38-31-29-27-25-23-21-19-17-15-13-11-9-7-2/h8,10,14,16,20,22,26,28,32-33,35-36,39,41,44,46,52,54,60,62,67-68,72H,6-7,9,11-13,15,17-19,21,23-25,27,29-31,34,37-38,40,42-43,45,47-51,53,55-59,61,63-66H2,1-5H3,(H-,70,73,74,75)/p+1/b10-8-,16-14-,22-20-,28-26-,33-32-,36-35-,41-39-,46-44+,54-52+,62-60+. The number of quaternary nitrogens is 1. The molecule has 0 aromatic carbocycles. The van der Waals surface area contributed by atoms with Crippen LogP contribution in [0.1, 0.15) is 258 Å². The quantitative estimate of drug-likeness (QED) is 0.0243. The first-order chi connectivity index (χ1) is 38.0. The van der Waals surface area contributed by atoms with Crippen LogP contribution in [0.4, 0.5) is 0 Å². The largest absolute Gasteiger partial charge is 0.472 e. The Morgan fingerprint density at radius 3 is 1.18 bits per heavy atom. The third-order valence-corrected chi connectivity index (χ3v) is 14.6. The number of aliphatic hydroxyl groups is 1. The topological polar surface area (TPSA) is 105 Å². The number of unbranched alkanes of at least 4 members (excludes halogenated alkanes) is 26. The SMILES string of the molecule is CC/C=C\C/C=C\C/C=C\C/C=C\C/C=C\C/C=C\C/C=C\CCCCCCCCCCCC(=O)NC(COP(=O)(O)OCC[N+](C)(C)C)C(O)/C=C/CC/C=C/CC/C=C/CCCCCCCCCCCCCCCCC. The van der Waals surface area contributed by atoms with Crippen molar-refractivity contribution < 1.29 is 32.9 Å². The van der Waals surface area contributed by atoms with Crippen LogP contribution < -0.4 is 5.32 Å². The monoisotopic (exact) mass is 1110 g/mol. The molecule has 0 heterocycles. The Labute approximate surface area is 482 Å². The molecule has 0 saturated carbocycles. The highest BCUT2D eigenvalue weighted by atomic mass is 31.2. The predicted molar refractivity (Wildman–Crippen MR) is 341 cm³/mol. The molecule has 3 atom stereocenters. The molecule has 0 bridgehead atoms. The molecule has 0 spiro atoms. The first-order valence-corrected chi connectivity index (χ1v) is 33.4. The highest BCUT2D eigenvalue weighted by Gasteiger charge is 2.27. The number of aliphatic hydroxyl groups excluding tert-OH is 1. The lowest BCUT2D eigenvalue weighted by Crippen LogP contribution is -2.45. The lowest BCUT2D eigenvalue weighted by molar-refractivity contribution is -0.870. The van der Waals surface area contributed by atoms with E-state index in [2.05, 4.69) is 129 Å². The van der Waals surface area contributed by atoms with Gasteiger partial charge in [0.2, 0.25) is 5.91 Å². The number of rotatable bonds is 57. The zero-order chi connectivity index (χ0) is 57.0. The summed E-state index contributed by atoms with van der Waals surface area (Å²) in [5.74, 6) is -0.201. The summed E-state index contributed by atoms with van der Waals surface area (Å²) in [5.41, 5.74) is 0. The van der Waals surface area contributed by atoms with E-state index < -0.39 is 20.0 Å². The number of amides is 1. The van der Waals surface area contributed by atoms with Gasteiger partial charge in [0.1, 0.15) is 13.2 Å². The minimum absolute atomic E-state index is 0.0462. The van der Waals surface area contributed by atoms with E-state index in [9.17, 15) is 19.4 Å². The van der Waals surface area contributed by atoms with E-state index in [4.69, 9.17) is 9.05 Å². The van der Waals surface area contributed by atoms with Crippen molar-refractivity contribution in [3.05, 3.63) is 122 Å². The average Bonchev–Trinajstić information content (AvgIpc) is 3.41. The second kappa shape index (κ2) is 58.6. The Bertz CT molecular complexity index is 1680. The van der Waals surface area contributed by atoms with E-state index in [1.807, 2.05) is 27.2 Å². The van der Waals surface area contributed by atoms with Crippen LogP contribution >= 0.6 is 7.82 Å². The molecular formula is C69H122N2O6P+. The number of hydrogen-bond donors (Lipinski definition) is 3. The van der Waals surface area contributed by atoms with Gasteiger partial charge in [0, 0.05) is 6.42 Å². The maximum atomic E-state index is 13.0. The van der Waals surface area contributed by atoms with Crippen LogP contribution in [0.3, 0.4) is 0 Å². The summed E-state index contributed by atoms with van der Waals surface area (Å²) < 4.78 is 23.7. The smallest absolute Gasteiger partial charge is 0.387 e. The molecule has 3 N–H and O–H groups in total. The number of nitrogens with one attached hydrogen (secondary N) is 1. The van der Waals surface area contributed by atoms with Gasteiger partial charge in [-0.2, -0.15) is 0 Å². The van der Waals surface area contributed by atoms with Gasteiger partial charge in [-0.25, -0.2) is 4.57 Å². The molecule has 0 aromatic heterocycles. The minimum atomic E-state index is -4.37. The molecule has 3 unspecified atom stereocenters. The van der Waals surface area contributed by atoms with E-state index in [-0.39, 0.29) is 19.1 Å². The summed E-state index contributed by atoms with van der Waals surface area (Å²) in [4.78, 5) is 23.4. The van der Waals surface area contributed by atoms with E-state index in [1.54, 1.807) is 6.08 Å². The zero-order valence-electron chi connectivity index (χ0n) is 51.1. The van der Waals surface area contributed by atoms with Crippen molar-refractivity contribution in [3.8, 4) is 0 Å². The number of likely N-dealkylation sites (N-methyl/N-ethyl adjacent to an activating group) is 1.